The number of unbranched alkanes of at least 4 members (excludes halogenated alkanes) is 1. The van der Waals surface area contributed by atoms with E-state index < -0.39 is 0 Å². The number of halogens is 1. The van der Waals surface area contributed by atoms with Gasteiger partial charge < -0.3 is 15.0 Å². The molecular formula is C23H26FN3O3. The molecule has 0 spiro atoms. The van der Waals surface area contributed by atoms with Gasteiger partial charge in [-0.05, 0) is 49.2 Å². The van der Waals surface area contributed by atoms with Gasteiger partial charge in [0.25, 0.3) is 0 Å². The van der Waals surface area contributed by atoms with Gasteiger partial charge in [-0.2, -0.15) is 5.26 Å². The molecule has 2 rings (SSSR count). The van der Waals surface area contributed by atoms with Crippen LogP contribution in [0.15, 0.2) is 54.6 Å². The number of carbonyl (C=O) groups is 2. The summed E-state index contributed by atoms with van der Waals surface area (Å²) >= 11 is 0. The number of rotatable bonds is 12. The number of ether oxygens (including phenoxy) is 1. The molecule has 0 fully saturated rings. The second kappa shape index (κ2) is 12.9. The Hall–Kier alpha value is -3.40. The number of anilines is 1. The van der Waals surface area contributed by atoms with E-state index in [4.69, 9.17) is 10.00 Å². The summed E-state index contributed by atoms with van der Waals surface area (Å²) in [6.45, 7) is 1.27. The maximum Gasteiger partial charge on any atom is 0.227 e. The topological polar surface area (TPSA) is 82.4 Å². The van der Waals surface area contributed by atoms with Crippen molar-refractivity contribution in [1.29, 1.82) is 5.26 Å². The van der Waals surface area contributed by atoms with Gasteiger partial charge >= 0.3 is 0 Å². The lowest BCUT2D eigenvalue weighted by Crippen LogP contribution is -2.33. The van der Waals surface area contributed by atoms with Crippen LogP contribution in [0, 0.1) is 17.1 Å². The quantitative estimate of drug-likeness (QED) is 0.538. The predicted molar refractivity (Wildman–Crippen MR) is 112 cm³/mol. The van der Waals surface area contributed by atoms with E-state index >= 15 is 0 Å². The third kappa shape index (κ3) is 8.31. The van der Waals surface area contributed by atoms with Gasteiger partial charge in [-0.3, -0.25) is 9.59 Å². The van der Waals surface area contributed by atoms with Crippen molar-refractivity contribution in [2.24, 2.45) is 0 Å². The SMILES string of the molecule is N#CCCN(C(=O)CCC(=O)NCCCCOc1ccc(F)cc1)c1ccccc1. The molecule has 30 heavy (non-hydrogen) atoms. The Labute approximate surface area is 176 Å². The molecule has 7 heteroatoms. The van der Waals surface area contributed by atoms with Gasteiger partial charge in [0, 0.05) is 31.6 Å². The van der Waals surface area contributed by atoms with Crippen LogP contribution in [0.3, 0.4) is 0 Å². The fourth-order valence-corrected chi connectivity index (χ4v) is 2.79. The predicted octanol–water partition coefficient (Wildman–Crippen LogP) is 3.83. The monoisotopic (exact) mass is 411 g/mol. The molecule has 0 unspecified atom stereocenters. The van der Waals surface area contributed by atoms with Gasteiger partial charge in [0.2, 0.25) is 11.8 Å². The van der Waals surface area contributed by atoms with E-state index in [-0.39, 0.29) is 36.9 Å². The highest BCUT2D eigenvalue weighted by Crippen LogP contribution is 2.15. The van der Waals surface area contributed by atoms with Crippen molar-refractivity contribution >= 4 is 17.5 Å². The largest absolute Gasteiger partial charge is 0.494 e. The number of para-hydroxylation sites is 1. The highest BCUT2D eigenvalue weighted by molar-refractivity contribution is 5.95. The molecule has 0 aliphatic rings. The number of carbonyl (C=O) groups excluding carboxylic acids is 2. The summed E-state index contributed by atoms with van der Waals surface area (Å²) in [4.78, 5) is 26.1. The van der Waals surface area contributed by atoms with Crippen LogP contribution in [-0.2, 0) is 9.59 Å². The van der Waals surface area contributed by atoms with Crippen LogP contribution in [0.2, 0.25) is 0 Å². The van der Waals surface area contributed by atoms with Gasteiger partial charge in [-0.15, -0.1) is 0 Å². The average Bonchev–Trinajstić information content (AvgIpc) is 2.77. The first-order chi connectivity index (χ1) is 14.6. The second-order valence-electron chi connectivity index (χ2n) is 6.65. The lowest BCUT2D eigenvalue weighted by Gasteiger charge is -2.21. The van der Waals surface area contributed by atoms with Crippen molar-refractivity contribution in [3.63, 3.8) is 0 Å². The molecule has 0 aromatic heterocycles. The van der Waals surface area contributed by atoms with Gasteiger partial charge in [-0.25, -0.2) is 4.39 Å². The molecule has 0 saturated heterocycles. The molecule has 2 amide bonds. The van der Waals surface area contributed by atoms with E-state index in [1.54, 1.807) is 17.0 Å². The van der Waals surface area contributed by atoms with Gasteiger partial charge in [-0.1, -0.05) is 18.2 Å². The van der Waals surface area contributed by atoms with E-state index in [0.29, 0.717) is 25.4 Å². The average molecular weight is 411 g/mol. The van der Waals surface area contributed by atoms with Gasteiger partial charge in [0.1, 0.15) is 11.6 Å². The van der Waals surface area contributed by atoms with Crippen LogP contribution < -0.4 is 15.0 Å². The molecule has 0 atom stereocenters. The minimum atomic E-state index is -0.305. The van der Waals surface area contributed by atoms with Crippen LogP contribution in [-0.4, -0.2) is 31.5 Å². The van der Waals surface area contributed by atoms with Crippen LogP contribution in [0.1, 0.15) is 32.1 Å². The smallest absolute Gasteiger partial charge is 0.227 e. The first-order valence-corrected chi connectivity index (χ1v) is 9.97. The Bertz CT molecular complexity index is 835. The highest BCUT2D eigenvalue weighted by Gasteiger charge is 2.16. The van der Waals surface area contributed by atoms with Crippen molar-refractivity contribution in [3.8, 4) is 11.8 Å². The number of hydrogen-bond acceptors (Lipinski definition) is 4. The van der Waals surface area contributed by atoms with E-state index in [1.807, 2.05) is 36.4 Å². The number of hydrogen-bond donors (Lipinski definition) is 1. The summed E-state index contributed by atoms with van der Waals surface area (Å²) in [6.07, 6.45) is 1.89. The Morgan fingerprint density at radius 2 is 1.77 bits per heavy atom. The lowest BCUT2D eigenvalue weighted by atomic mass is 10.2. The van der Waals surface area contributed by atoms with Crippen molar-refractivity contribution in [2.75, 3.05) is 24.6 Å². The zero-order chi connectivity index (χ0) is 21.6. The molecule has 0 bridgehead atoms. The van der Waals surface area contributed by atoms with Crippen molar-refractivity contribution in [1.82, 2.24) is 5.32 Å². The van der Waals surface area contributed by atoms with E-state index in [0.717, 1.165) is 18.5 Å². The zero-order valence-electron chi connectivity index (χ0n) is 16.9. The Morgan fingerprint density at radius 1 is 1.03 bits per heavy atom. The van der Waals surface area contributed by atoms with Crippen molar-refractivity contribution in [2.45, 2.75) is 32.1 Å². The summed E-state index contributed by atoms with van der Waals surface area (Å²) in [5.74, 6) is -0.0609. The van der Waals surface area contributed by atoms with Crippen molar-refractivity contribution < 1.29 is 18.7 Å². The minimum absolute atomic E-state index is 0.0832. The molecule has 1 N–H and O–H groups in total. The number of benzene rings is 2. The Balaban J connectivity index is 1.63. The highest BCUT2D eigenvalue weighted by atomic mass is 19.1. The third-order valence-corrected chi connectivity index (χ3v) is 4.36. The number of nitrogens with one attached hydrogen (secondary N) is 1. The van der Waals surface area contributed by atoms with Crippen molar-refractivity contribution in [3.05, 3.63) is 60.4 Å². The standard InChI is InChI=1S/C23H26FN3O3/c24-19-9-11-21(12-10-19)30-18-5-4-16-26-22(28)13-14-23(29)27(17-6-15-25)20-7-2-1-3-8-20/h1-3,7-12H,4-6,13-14,16-18H2,(H,26,28). The number of amides is 2. The van der Waals surface area contributed by atoms with Crippen LogP contribution in [0.25, 0.3) is 0 Å². The summed E-state index contributed by atoms with van der Waals surface area (Å²) in [6, 6.07) is 17.0. The molecule has 2 aromatic carbocycles. The molecule has 158 valence electrons. The fourth-order valence-electron chi connectivity index (χ4n) is 2.79. The van der Waals surface area contributed by atoms with E-state index in [2.05, 4.69) is 5.32 Å². The Morgan fingerprint density at radius 3 is 2.47 bits per heavy atom. The second-order valence-corrected chi connectivity index (χ2v) is 6.65. The summed E-state index contributed by atoms with van der Waals surface area (Å²) in [7, 11) is 0. The summed E-state index contributed by atoms with van der Waals surface area (Å²) in [5.41, 5.74) is 0.722. The molecule has 0 aliphatic carbocycles. The van der Waals surface area contributed by atoms with E-state index in [9.17, 15) is 14.0 Å². The third-order valence-electron chi connectivity index (χ3n) is 4.36. The Kier molecular flexibility index (Phi) is 9.87. The van der Waals surface area contributed by atoms with Gasteiger partial charge in [0.15, 0.2) is 0 Å². The molecule has 0 saturated carbocycles. The van der Waals surface area contributed by atoms with E-state index in [1.165, 1.54) is 12.1 Å². The zero-order valence-corrected chi connectivity index (χ0v) is 16.9. The molecule has 0 radical (unpaired) electrons. The maximum absolute atomic E-state index is 12.8. The number of nitrogens with zero attached hydrogens (tertiary/aromatic N) is 2. The van der Waals surface area contributed by atoms with Gasteiger partial charge in [0.05, 0.1) is 19.1 Å². The fraction of sp³-hybridized carbons (Fsp3) is 0.348. The number of nitriles is 1. The first-order valence-electron chi connectivity index (χ1n) is 9.97. The van der Waals surface area contributed by atoms with Crippen LogP contribution in [0.5, 0.6) is 5.75 Å². The summed E-state index contributed by atoms with van der Waals surface area (Å²) in [5, 5.41) is 11.6. The molecule has 0 aliphatic heterocycles. The first kappa shape index (κ1) is 22.9. The molecule has 0 heterocycles. The normalized spacial score (nSPS) is 10.1. The molecule has 6 nitrogen and oxygen atoms in total. The molecule has 2 aromatic rings. The summed E-state index contributed by atoms with van der Waals surface area (Å²) < 4.78 is 18.3. The van der Waals surface area contributed by atoms with Crippen LogP contribution >= 0.6 is 0 Å². The maximum atomic E-state index is 12.8. The van der Waals surface area contributed by atoms with Crippen LogP contribution in [0.4, 0.5) is 10.1 Å². The minimum Gasteiger partial charge on any atom is -0.494 e. The lowest BCUT2D eigenvalue weighted by molar-refractivity contribution is -0.125. The molecular weight excluding hydrogens is 385 g/mol.